The minimum absolute atomic E-state index is 0.372. The molecule has 0 spiro atoms. The van der Waals surface area contributed by atoms with Crippen LogP contribution in [0.4, 0.5) is 4.39 Å². The van der Waals surface area contributed by atoms with Gasteiger partial charge in [-0.3, -0.25) is 4.79 Å². The Kier molecular flexibility index (Phi) is 3.42. The van der Waals surface area contributed by atoms with Crippen LogP contribution in [-0.4, -0.2) is 13.4 Å². The third-order valence-electron chi connectivity index (χ3n) is 2.80. The summed E-state index contributed by atoms with van der Waals surface area (Å²) in [6.07, 6.45) is 0.737. The van der Waals surface area contributed by atoms with E-state index in [-0.39, 0.29) is 5.82 Å². The van der Waals surface area contributed by atoms with Crippen LogP contribution in [0.3, 0.4) is 0 Å². The average Bonchev–Trinajstić information content (AvgIpc) is 2.39. The van der Waals surface area contributed by atoms with Crippen LogP contribution in [0.15, 0.2) is 36.4 Å². The minimum atomic E-state index is -0.372. The van der Waals surface area contributed by atoms with E-state index in [4.69, 9.17) is 4.74 Å². The van der Waals surface area contributed by atoms with Crippen LogP contribution in [0.5, 0.6) is 5.75 Å². The summed E-state index contributed by atoms with van der Waals surface area (Å²) in [6.45, 7) is 1.89. The van der Waals surface area contributed by atoms with Gasteiger partial charge in [0, 0.05) is 11.1 Å². The molecular formula is C15H13FO2. The number of methoxy groups -OCH3 is 1. The maximum atomic E-state index is 13.8. The van der Waals surface area contributed by atoms with Gasteiger partial charge in [0.05, 0.1) is 7.11 Å². The van der Waals surface area contributed by atoms with Crippen molar-refractivity contribution in [3.63, 3.8) is 0 Å². The molecule has 0 aliphatic heterocycles. The molecule has 18 heavy (non-hydrogen) atoms. The van der Waals surface area contributed by atoms with Crippen molar-refractivity contribution >= 4 is 6.29 Å². The Labute approximate surface area is 105 Å². The third kappa shape index (κ3) is 2.25. The highest BCUT2D eigenvalue weighted by atomic mass is 19.1. The van der Waals surface area contributed by atoms with Crippen LogP contribution in [0, 0.1) is 12.7 Å². The third-order valence-corrected chi connectivity index (χ3v) is 2.80. The number of rotatable bonds is 3. The topological polar surface area (TPSA) is 26.3 Å². The van der Waals surface area contributed by atoms with E-state index in [1.165, 1.54) is 13.2 Å². The molecule has 0 aliphatic rings. The molecule has 0 atom stereocenters. The van der Waals surface area contributed by atoms with Gasteiger partial charge < -0.3 is 4.74 Å². The molecule has 0 bridgehead atoms. The quantitative estimate of drug-likeness (QED) is 0.771. The lowest BCUT2D eigenvalue weighted by atomic mass is 9.98. The molecule has 0 saturated heterocycles. The molecule has 92 valence electrons. The zero-order valence-corrected chi connectivity index (χ0v) is 10.2. The van der Waals surface area contributed by atoms with Crippen molar-refractivity contribution in [3.8, 4) is 16.9 Å². The molecule has 2 aromatic rings. The Hall–Kier alpha value is -2.16. The fourth-order valence-corrected chi connectivity index (χ4v) is 1.86. The monoisotopic (exact) mass is 244 g/mol. The van der Waals surface area contributed by atoms with Crippen LogP contribution in [-0.2, 0) is 0 Å². The first-order chi connectivity index (χ1) is 8.65. The summed E-state index contributed by atoms with van der Waals surface area (Å²) in [7, 11) is 1.52. The molecule has 2 aromatic carbocycles. The molecule has 0 fully saturated rings. The number of carbonyl (C=O) groups is 1. The van der Waals surface area contributed by atoms with E-state index < -0.39 is 0 Å². The van der Waals surface area contributed by atoms with Gasteiger partial charge in [-0.2, -0.15) is 0 Å². The van der Waals surface area contributed by atoms with Gasteiger partial charge in [-0.25, -0.2) is 4.39 Å². The molecule has 0 N–H and O–H groups in total. The first kappa shape index (κ1) is 12.3. The van der Waals surface area contributed by atoms with Gasteiger partial charge >= 0.3 is 0 Å². The van der Waals surface area contributed by atoms with Crippen molar-refractivity contribution in [2.75, 3.05) is 7.11 Å². The van der Waals surface area contributed by atoms with E-state index in [9.17, 15) is 9.18 Å². The molecule has 0 aliphatic carbocycles. The van der Waals surface area contributed by atoms with Gasteiger partial charge in [0.15, 0.2) is 6.29 Å². The summed E-state index contributed by atoms with van der Waals surface area (Å²) in [6, 6.07) is 9.81. The molecule has 0 amide bonds. The van der Waals surface area contributed by atoms with E-state index in [1.807, 2.05) is 13.0 Å². The molecule has 0 aromatic heterocycles. The maximum absolute atomic E-state index is 13.8. The number of benzene rings is 2. The predicted molar refractivity (Wildman–Crippen MR) is 68.5 cm³/mol. The molecule has 0 saturated carbocycles. The van der Waals surface area contributed by atoms with E-state index in [0.717, 1.165) is 11.8 Å². The van der Waals surface area contributed by atoms with Gasteiger partial charge in [0.25, 0.3) is 0 Å². The molecule has 0 heterocycles. The largest absolute Gasteiger partial charge is 0.497 e. The molecule has 3 heteroatoms. The van der Waals surface area contributed by atoms with Gasteiger partial charge in [-0.05, 0) is 36.8 Å². The Bertz CT molecular complexity index is 591. The molecule has 2 rings (SSSR count). The fraction of sp³-hybridized carbons (Fsp3) is 0.133. The van der Waals surface area contributed by atoms with Gasteiger partial charge in [0.2, 0.25) is 0 Å². The second-order valence-corrected chi connectivity index (χ2v) is 4.05. The van der Waals surface area contributed by atoms with E-state index in [1.54, 1.807) is 24.3 Å². The second-order valence-electron chi connectivity index (χ2n) is 4.05. The average molecular weight is 244 g/mol. The normalized spacial score (nSPS) is 10.2. The van der Waals surface area contributed by atoms with Crippen LogP contribution in [0.2, 0.25) is 0 Å². The molecule has 0 unspecified atom stereocenters. The highest BCUT2D eigenvalue weighted by Crippen LogP contribution is 2.29. The van der Waals surface area contributed by atoms with Gasteiger partial charge in [-0.1, -0.05) is 17.7 Å². The highest BCUT2D eigenvalue weighted by molar-refractivity contribution is 5.88. The standard InChI is InChI=1S/C15H13FO2/c1-10-3-5-13(11(7-10)9-17)14-8-12(18-2)4-6-15(14)16/h3-9H,1-2H3. The summed E-state index contributed by atoms with van der Waals surface area (Å²) < 4.78 is 18.9. The summed E-state index contributed by atoms with van der Waals surface area (Å²) in [4.78, 5) is 11.1. The van der Waals surface area contributed by atoms with Crippen LogP contribution in [0.25, 0.3) is 11.1 Å². The Morgan fingerprint density at radius 2 is 1.89 bits per heavy atom. The minimum Gasteiger partial charge on any atom is -0.497 e. The number of hydrogen-bond acceptors (Lipinski definition) is 2. The van der Waals surface area contributed by atoms with Crippen molar-refractivity contribution in [1.29, 1.82) is 0 Å². The second kappa shape index (κ2) is 5.00. The number of carbonyl (C=O) groups excluding carboxylic acids is 1. The lowest BCUT2D eigenvalue weighted by Gasteiger charge is -2.09. The van der Waals surface area contributed by atoms with E-state index in [2.05, 4.69) is 0 Å². The molecular weight excluding hydrogens is 231 g/mol. The fourth-order valence-electron chi connectivity index (χ4n) is 1.86. The first-order valence-corrected chi connectivity index (χ1v) is 5.55. The number of aryl methyl sites for hydroxylation is 1. The molecule has 0 radical (unpaired) electrons. The Morgan fingerprint density at radius 3 is 2.56 bits per heavy atom. The highest BCUT2D eigenvalue weighted by Gasteiger charge is 2.11. The summed E-state index contributed by atoms with van der Waals surface area (Å²) >= 11 is 0. The van der Waals surface area contributed by atoms with Crippen molar-refractivity contribution in [1.82, 2.24) is 0 Å². The van der Waals surface area contributed by atoms with Crippen molar-refractivity contribution in [2.24, 2.45) is 0 Å². The van der Waals surface area contributed by atoms with Crippen LogP contribution < -0.4 is 4.74 Å². The van der Waals surface area contributed by atoms with Crippen molar-refractivity contribution in [2.45, 2.75) is 6.92 Å². The zero-order chi connectivity index (χ0) is 13.1. The molecule has 2 nitrogen and oxygen atoms in total. The lowest BCUT2D eigenvalue weighted by molar-refractivity contribution is 0.112. The number of halogens is 1. The first-order valence-electron chi connectivity index (χ1n) is 5.55. The van der Waals surface area contributed by atoms with Gasteiger partial charge in [-0.15, -0.1) is 0 Å². The summed E-state index contributed by atoms with van der Waals surface area (Å²) in [5, 5.41) is 0. The predicted octanol–water partition coefficient (Wildman–Crippen LogP) is 3.62. The maximum Gasteiger partial charge on any atom is 0.150 e. The smallest absolute Gasteiger partial charge is 0.150 e. The number of ether oxygens (including phenoxy) is 1. The lowest BCUT2D eigenvalue weighted by Crippen LogP contribution is -1.93. The summed E-state index contributed by atoms with van der Waals surface area (Å²) in [5.74, 6) is 0.187. The SMILES string of the molecule is COc1ccc(F)c(-c2ccc(C)cc2C=O)c1. The van der Waals surface area contributed by atoms with Gasteiger partial charge in [0.1, 0.15) is 11.6 Å². The summed E-state index contributed by atoms with van der Waals surface area (Å²) in [5.41, 5.74) is 2.38. The van der Waals surface area contributed by atoms with Crippen LogP contribution in [0.1, 0.15) is 15.9 Å². The van der Waals surface area contributed by atoms with Crippen LogP contribution >= 0.6 is 0 Å². The van der Waals surface area contributed by atoms with E-state index in [0.29, 0.717) is 22.4 Å². The number of aldehydes is 1. The van der Waals surface area contributed by atoms with E-state index >= 15 is 0 Å². The zero-order valence-electron chi connectivity index (χ0n) is 10.2. The van der Waals surface area contributed by atoms with Crippen molar-refractivity contribution < 1.29 is 13.9 Å². The Balaban J connectivity index is 2.64. The van der Waals surface area contributed by atoms with Crippen molar-refractivity contribution in [3.05, 3.63) is 53.3 Å². The number of hydrogen-bond donors (Lipinski definition) is 0. The Morgan fingerprint density at radius 1 is 1.11 bits per heavy atom.